The Morgan fingerprint density at radius 3 is 2.56 bits per heavy atom. The number of aliphatic hydroxyl groups is 1. The zero-order chi connectivity index (χ0) is 14.0. The van der Waals surface area contributed by atoms with Crippen molar-refractivity contribution in [2.24, 2.45) is 0 Å². The maximum atomic E-state index is 11.5. The van der Waals surface area contributed by atoms with E-state index in [0.29, 0.717) is 19.4 Å². The standard InChI is InChI=1S/C14H22O4/c1-4-18-14(17)9-8-13(16)10-12(15)7-5-6-11(2)3/h6,8-9,13,16H,4-5,7,10H2,1-3H3/b9-8+. The fourth-order valence-electron chi connectivity index (χ4n) is 1.31. The third kappa shape index (κ3) is 9.78. The first kappa shape index (κ1) is 16.6. The SMILES string of the molecule is CCOC(=O)/C=C/C(O)CC(=O)CCC=C(C)C. The number of rotatable bonds is 8. The maximum absolute atomic E-state index is 11.5. The average molecular weight is 254 g/mol. The molecule has 0 aromatic carbocycles. The predicted molar refractivity (Wildman–Crippen MR) is 70.1 cm³/mol. The molecular formula is C14H22O4. The van der Waals surface area contributed by atoms with Crippen LogP contribution in [0.3, 0.4) is 0 Å². The Hall–Kier alpha value is -1.42. The molecule has 0 saturated carbocycles. The van der Waals surface area contributed by atoms with Crippen LogP contribution in [0, 0.1) is 0 Å². The molecule has 0 radical (unpaired) electrons. The molecule has 0 aromatic heterocycles. The van der Waals surface area contributed by atoms with E-state index in [1.165, 1.54) is 11.6 Å². The first-order valence-electron chi connectivity index (χ1n) is 6.13. The van der Waals surface area contributed by atoms with Crippen LogP contribution in [0.15, 0.2) is 23.8 Å². The third-order valence-corrected chi connectivity index (χ3v) is 2.15. The summed E-state index contributed by atoms with van der Waals surface area (Å²) in [4.78, 5) is 22.4. The summed E-state index contributed by atoms with van der Waals surface area (Å²) >= 11 is 0. The number of allylic oxidation sites excluding steroid dienone is 2. The lowest BCUT2D eigenvalue weighted by atomic mass is 10.1. The third-order valence-electron chi connectivity index (χ3n) is 2.15. The van der Waals surface area contributed by atoms with Gasteiger partial charge in [0, 0.05) is 18.9 Å². The van der Waals surface area contributed by atoms with Crippen molar-refractivity contribution < 1.29 is 19.4 Å². The summed E-state index contributed by atoms with van der Waals surface area (Å²) < 4.78 is 4.66. The normalized spacial score (nSPS) is 12.2. The number of Topliss-reactive ketones (excluding diaryl/α,β-unsaturated/α-hetero) is 1. The smallest absolute Gasteiger partial charge is 0.330 e. The van der Waals surface area contributed by atoms with Crippen LogP contribution in [-0.4, -0.2) is 29.6 Å². The van der Waals surface area contributed by atoms with Crippen molar-refractivity contribution in [3.63, 3.8) is 0 Å². The molecule has 1 N–H and O–H groups in total. The summed E-state index contributed by atoms with van der Waals surface area (Å²) in [6.45, 7) is 5.94. The number of hydrogen-bond acceptors (Lipinski definition) is 4. The summed E-state index contributed by atoms with van der Waals surface area (Å²) in [6, 6.07) is 0. The lowest BCUT2D eigenvalue weighted by Crippen LogP contribution is -2.11. The van der Waals surface area contributed by atoms with Gasteiger partial charge in [-0.2, -0.15) is 0 Å². The molecule has 0 aliphatic rings. The van der Waals surface area contributed by atoms with E-state index in [-0.39, 0.29) is 12.2 Å². The predicted octanol–water partition coefficient (Wildman–Crippen LogP) is 2.17. The number of esters is 1. The first-order valence-corrected chi connectivity index (χ1v) is 6.13. The van der Waals surface area contributed by atoms with Gasteiger partial charge < -0.3 is 9.84 Å². The molecule has 0 amide bonds. The van der Waals surface area contributed by atoms with E-state index in [1.54, 1.807) is 6.92 Å². The number of carbonyl (C=O) groups excluding carboxylic acids is 2. The number of ketones is 1. The molecule has 0 aliphatic heterocycles. The Labute approximate surface area is 108 Å². The van der Waals surface area contributed by atoms with Gasteiger partial charge in [-0.05, 0) is 33.3 Å². The second-order valence-electron chi connectivity index (χ2n) is 4.24. The van der Waals surface area contributed by atoms with Crippen LogP contribution in [0.2, 0.25) is 0 Å². The van der Waals surface area contributed by atoms with Gasteiger partial charge in [-0.3, -0.25) is 4.79 Å². The fraction of sp³-hybridized carbons (Fsp3) is 0.571. The van der Waals surface area contributed by atoms with Crippen LogP contribution in [0.4, 0.5) is 0 Å². The molecule has 0 bridgehead atoms. The van der Waals surface area contributed by atoms with Crippen molar-refractivity contribution >= 4 is 11.8 Å². The van der Waals surface area contributed by atoms with Crippen LogP contribution in [0.1, 0.15) is 40.0 Å². The Balaban J connectivity index is 3.93. The number of hydrogen-bond donors (Lipinski definition) is 1. The molecule has 4 nitrogen and oxygen atoms in total. The second kappa shape index (κ2) is 9.59. The largest absolute Gasteiger partial charge is 0.463 e. The van der Waals surface area contributed by atoms with Crippen LogP contribution in [0.5, 0.6) is 0 Å². The Kier molecular flexibility index (Phi) is 8.84. The molecule has 4 heteroatoms. The van der Waals surface area contributed by atoms with E-state index in [1.807, 2.05) is 19.9 Å². The summed E-state index contributed by atoms with van der Waals surface area (Å²) in [5.74, 6) is -0.526. The van der Waals surface area contributed by atoms with Gasteiger partial charge in [0.1, 0.15) is 5.78 Å². The van der Waals surface area contributed by atoms with Gasteiger partial charge in [-0.15, -0.1) is 0 Å². The van der Waals surface area contributed by atoms with Gasteiger partial charge >= 0.3 is 5.97 Å². The van der Waals surface area contributed by atoms with Crippen LogP contribution < -0.4 is 0 Å². The molecule has 1 unspecified atom stereocenters. The van der Waals surface area contributed by atoms with Gasteiger partial charge in [0.2, 0.25) is 0 Å². The van der Waals surface area contributed by atoms with E-state index in [0.717, 1.165) is 6.08 Å². The molecule has 0 fully saturated rings. The Morgan fingerprint density at radius 2 is 2.00 bits per heavy atom. The minimum atomic E-state index is -0.923. The van der Waals surface area contributed by atoms with Crippen molar-refractivity contribution in [3.05, 3.63) is 23.8 Å². The van der Waals surface area contributed by atoms with Crippen molar-refractivity contribution in [1.29, 1.82) is 0 Å². The van der Waals surface area contributed by atoms with E-state index < -0.39 is 12.1 Å². The number of aliphatic hydroxyl groups excluding tert-OH is 1. The second-order valence-corrected chi connectivity index (χ2v) is 4.24. The van der Waals surface area contributed by atoms with Crippen LogP contribution >= 0.6 is 0 Å². The average Bonchev–Trinajstić information content (AvgIpc) is 2.26. The molecule has 0 heterocycles. The zero-order valence-electron chi connectivity index (χ0n) is 11.3. The first-order chi connectivity index (χ1) is 8.45. The van der Waals surface area contributed by atoms with E-state index in [2.05, 4.69) is 4.74 Å². The minimum absolute atomic E-state index is 0.0199. The van der Waals surface area contributed by atoms with Gasteiger partial charge in [-0.25, -0.2) is 4.79 Å². The zero-order valence-corrected chi connectivity index (χ0v) is 11.3. The monoisotopic (exact) mass is 254 g/mol. The topological polar surface area (TPSA) is 63.6 Å². The Morgan fingerprint density at radius 1 is 1.33 bits per heavy atom. The molecular weight excluding hydrogens is 232 g/mol. The maximum Gasteiger partial charge on any atom is 0.330 e. The van der Waals surface area contributed by atoms with E-state index in [4.69, 9.17) is 0 Å². The van der Waals surface area contributed by atoms with Gasteiger partial charge in [0.25, 0.3) is 0 Å². The van der Waals surface area contributed by atoms with E-state index >= 15 is 0 Å². The number of carbonyl (C=O) groups is 2. The summed E-state index contributed by atoms with van der Waals surface area (Å²) in [5.41, 5.74) is 1.17. The molecule has 0 rings (SSSR count). The summed E-state index contributed by atoms with van der Waals surface area (Å²) in [6.07, 6.45) is 4.64. The highest BCUT2D eigenvalue weighted by atomic mass is 16.5. The molecule has 102 valence electrons. The molecule has 0 aromatic rings. The lowest BCUT2D eigenvalue weighted by Gasteiger charge is -2.04. The molecule has 0 spiro atoms. The van der Waals surface area contributed by atoms with Crippen molar-refractivity contribution in [3.8, 4) is 0 Å². The van der Waals surface area contributed by atoms with Gasteiger partial charge in [0.05, 0.1) is 12.7 Å². The highest BCUT2D eigenvalue weighted by Crippen LogP contribution is 2.03. The van der Waals surface area contributed by atoms with Gasteiger partial charge in [-0.1, -0.05) is 11.6 Å². The summed E-state index contributed by atoms with van der Waals surface area (Å²) in [5, 5.41) is 9.51. The van der Waals surface area contributed by atoms with Crippen LogP contribution in [-0.2, 0) is 14.3 Å². The lowest BCUT2D eigenvalue weighted by molar-refractivity contribution is -0.137. The summed E-state index contributed by atoms with van der Waals surface area (Å²) in [7, 11) is 0. The molecule has 1 atom stereocenters. The van der Waals surface area contributed by atoms with Crippen LogP contribution in [0.25, 0.3) is 0 Å². The quantitative estimate of drug-likeness (QED) is 0.409. The molecule has 0 aliphatic carbocycles. The highest BCUT2D eigenvalue weighted by Gasteiger charge is 2.08. The van der Waals surface area contributed by atoms with Crippen molar-refractivity contribution in [1.82, 2.24) is 0 Å². The highest BCUT2D eigenvalue weighted by molar-refractivity contribution is 5.82. The molecule has 0 saturated heterocycles. The minimum Gasteiger partial charge on any atom is -0.463 e. The fourth-order valence-corrected chi connectivity index (χ4v) is 1.31. The van der Waals surface area contributed by atoms with Gasteiger partial charge in [0.15, 0.2) is 0 Å². The van der Waals surface area contributed by atoms with Crippen molar-refractivity contribution in [2.45, 2.75) is 46.1 Å². The number of ether oxygens (including phenoxy) is 1. The Bertz CT molecular complexity index is 325. The molecule has 18 heavy (non-hydrogen) atoms. The van der Waals surface area contributed by atoms with E-state index in [9.17, 15) is 14.7 Å². The van der Waals surface area contributed by atoms with Crippen molar-refractivity contribution in [2.75, 3.05) is 6.61 Å².